The zero-order valence-corrected chi connectivity index (χ0v) is 10.5. The Morgan fingerprint density at radius 3 is 3.06 bits per heavy atom. The number of thioether (sulfide) groups is 1. The number of aromatic nitrogens is 2. The summed E-state index contributed by atoms with van der Waals surface area (Å²) in [6.45, 7) is 0.869. The highest BCUT2D eigenvalue weighted by Gasteiger charge is 2.02. The smallest absolute Gasteiger partial charge is 0.120 e. The molecule has 0 aliphatic carbocycles. The van der Waals surface area contributed by atoms with Gasteiger partial charge in [-0.3, -0.25) is 4.68 Å². The Kier molecular flexibility index (Phi) is 3.93. The van der Waals surface area contributed by atoms with Crippen LogP contribution < -0.4 is 10.5 Å². The maximum atomic E-state index is 5.90. The fraction of sp³-hybridized carbons (Fsp3) is 0.250. The molecule has 0 saturated heterocycles. The van der Waals surface area contributed by atoms with Crippen LogP contribution in [-0.2, 0) is 6.54 Å². The highest BCUT2D eigenvalue weighted by molar-refractivity contribution is 7.99. The van der Waals surface area contributed by atoms with E-state index in [2.05, 4.69) is 5.10 Å². The number of nitrogen functional groups attached to an aromatic ring is 1. The monoisotopic (exact) mass is 249 g/mol. The number of rotatable bonds is 5. The fourth-order valence-corrected chi connectivity index (χ4v) is 2.38. The number of nitrogens with two attached hydrogens (primary N) is 1. The first-order chi connectivity index (χ1) is 8.29. The van der Waals surface area contributed by atoms with Crippen LogP contribution in [0.5, 0.6) is 5.75 Å². The first-order valence-corrected chi connectivity index (χ1v) is 6.32. The Labute approximate surface area is 105 Å². The lowest BCUT2D eigenvalue weighted by atomic mass is 10.3. The minimum absolute atomic E-state index is 0.788. The molecule has 0 amide bonds. The van der Waals surface area contributed by atoms with Gasteiger partial charge < -0.3 is 10.5 Å². The van der Waals surface area contributed by atoms with E-state index in [0.29, 0.717) is 0 Å². The van der Waals surface area contributed by atoms with Crippen molar-refractivity contribution >= 4 is 17.4 Å². The maximum absolute atomic E-state index is 5.90. The predicted octanol–water partition coefficient (Wildman–Crippen LogP) is 2.27. The van der Waals surface area contributed by atoms with Gasteiger partial charge in [0.05, 0.1) is 13.7 Å². The summed E-state index contributed by atoms with van der Waals surface area (Å²) in [4.78, 5) is 1.05. The van der Waals surface area contributed by atoms with Crippen molar-refractivity contribution in [2.45, 2.75) is 11.4 Å². The fourth-order valence-electron chi connectivity index (χ4n) is 1.45. The third kappa shape index (κ3) is 3.17. The summed E-state index contributed by atoms with van der Waals surface area (Å²) in [5.41, 5.74) is 6.69. The molecule has 0 unspecified atom stereocenters. The molecule has 0 aliphatic rings. The van der Waals surface area contributed by atoms with E-state index in [0.717, 1.165) is 28.6 Å². The zero-order chi connectivity index (χ0) is 12.1. The van der Waals surface area contributed by atoms with Crippen molar-refractivity contribution < 1.29 is 4.74 Å². The predicted molar refractivity (Wildman–Crippen MR) is 70.4 cm³/mol. The van der Waals surface area contributed by atoms with Gasteiger partial charge in [0.1, 0.15) is 5.75 Å². The van der Waals surface area contributed by atoms with Crippen molar-refractivity contribution in [2.75, 3.05) is 18.6 Å². The second-order valence-corrected chi connectivity index (χ2v) is 4.66. The van der Waals surface area contributed by atoms with Gasteiger partial charge in [0.25, 0.3) is 0 Å². The Bertz CT molecular complexity index is 471. The van der Waals surface area contributed by atoms with E-state index in [1.165, 1.54) is 0 Å². The summed E-state index contributed by atoms with van der Waals surface area (Å²) in [5, 5.41) is 4.15. The molecule has 0 radical (unpaired) electrons. The summed E-state index contributed by atoms with van der Waals surface area (Å²) < 4.78 is 7.08. The Balaban J connectivity index is 1.94. The Morgan fingerprint density at radius 2 is 2.35 bits per heavy atom. The van der Waals surface area contributed by atoms with Gasteiger partial charge in [-0.25, -0.2) is 0 Å². The number of anilines is 1. The Hall–Kier alpha value is -1.62. The molecular formula is C12H15N3OS. The summed E-state index contributed by atoms with van der Waals surface area (Å²) in [6, 6.07) is 7.62. The van der Waals surface area contributed by atoms with Crippen molar-refractivity contribution in [2.24, 2.45) is 0 Å². The third-order valence-corrected chi connectivity index (χ3v) is 3.41. The van der Waals surface area contributed by atoms with Crippen molar-refractivity contribution in [3.05, 3.63) is 36.7 Å². The number of hydrogen-bond acceptors (Lipinski definition) is 4. The highest BCUT2D eigenvalue weighted by Crippen LogP contribution is 2.29. The number of nitrogens with zero attached hydrogens (tertiary/aromatic N) is 2. The molecule has 1 heterocycles. The lowest BCUT2D eigenvalue weighted by Gasteiger charge is -2.07. The van der Waals surface area contributed by atoms with Crippen LogP contribution in [0.1, 0.15) is 0 Å². The number of hydrogen-bond donors (Lipinski definition) is 1. The van der Waals surface area contributed by atoms with E-state index >= 15 is 0 Å². The Morgan fingerprint density at radius 1 is 1.47 bits per heavy atom. The van der Waals surface area contributed by atoms with Gasteiger partial charge in [-0.15, -0.1) is 11.8 Å². The molecule has 0 aliphatic heterocycles. The van der Waals surface area contributed by atoms with Gasteiger partial charge in [-0.1, -0.05) is 0 Å². The van der Waals surface area contributed by atoms with Gasteiger partial charge in [0, 0.05) is 28.7 Å². The minimum Gasteiger partial charge on any atom is -0.497 e. The van der Waals surface area contributed by atoms with Crippen LogP contribution in [0.25, 0.3) is 0 Å². The van der Waals surface area contributed by atoms with Crippen LogP contribution in [0, 0.1) is 0 Å². The molecule has 0 bridgehead atoms. The second kappa shape index (κ2) is 5.63. The second-order valence-electron chi connectivity index (χ2n) is 3.52. The van der Waals surface area contributed by atoms with Crippen LogP contribution in [0.15, 0.2) is 41.6 Å². The molecule has 1 aromatic carbocycles. The van der Waals surface area contributed by atoms with Gasteiger partial charge in [0.2, 0.25) is 0 Å². The SMILES string of the molecule is COc1ccc(N)c(SCCn2cccn2)c1. The minimum atomic E-state index is 0.788. The third-order valence-electron chi connectivity index (χ3n) is 2.36. The molecule has 2 aromatic rings. The molecule has 0 fully saturated rings. The normalized spacial score (nSPS) is 10.4. The van der Waals surface area contributed by atoms with Crippen molar-refractivity contribution in [3.8, 4) is 5.75 Å². The quantitative estimate of drug-likeness (QED) is 0.652. The number of benzene rings is 1. The van der Waals surface area contributed by atoms with E-state index < -0.39 is 0 Å². The summed E-state index contributed by atoms with van der Waals surface area (Å²) in [7, 11) is 1.66. The number of methoxy groups -OCH3 is 1. The molecule has 0 saturated carbocycles. The molecule has 0 atom stereocenters. The average Bonchev–Trinajstić information content (AvgIpc) is 2.84. The standard InChI is InChI=1S/C12H15N3OS/c1-16-10-3-4-11(13)12(9-10)17-8-7-15-6-2-5-14-15/h2-6,9H,7-8,13H2,1H3. The molecule has 5 heteroatoms. The lowest BCUT2D eigenvalue weighted by molar-refractivity contribution is 0.414. The molecule has 90 valence electrons. The summed E-state index contributed by atoms with van der Waals surface area (Å²) in [6.07, 6.45) is 3.74. The van der Waals surface area contributed by atoms with Crippen LogP contribution in [0.2, 0.25) is 0 Å². The van der Waals surface area contributed by atoms with E-state index in [1.807, 2.05) is 35.1 Å². The number of ether oxygens (including phenoxy) is 1. The van der Waals surface area contributed by atoms with Gasteiger partial charge in [0.15, 0.2) is 0 Å². The van der Waals surface area contributed by atoms with E-state index in [9.17, 15) is 0 Å². The van der Waals surface area contributed by atoms with Crippen LogP contribution in [0.4, 0.5) is 5.69 Å². The maximum Gasteiger partial charge on any atom is 0.120 e. The van der Waals surface area contributed by atoms with Crippen LogP contribution in [0.3, 0.4) is 0 Å². The average molecular weight is 249 g/mol. The largest absolute Gasteiger partial charge is 0.497 e. The molecule has 4 nitrogen and oxygen atoms in total. The first-order valence-electron chi connectivity index (χ1n) is 5.33. The number of aryl methyl sites for hydroxylation is 1. The van der Waals surface area contributed by atoms with Gasteiger partial charge >= 0.3 is 0 Å². The summed E-state index contributed by atoms with van der Waals surface area (Å²) >= 11 is 1.71. The van der Waals surface area contributed by atoms with Crippen molar-refractivity contribution in [3.63, 3.8) is 0 Å². The lowest BCUT2D eigenvalue weighted by Crippen LogP contribution is -2.00. The molecule has 1 aromatic heterocycles. The zero-order valence-electron chi connectivity index (χ0n) is 9.67. The van der Waals surface area contributed by atoms with E-state index in [1.54, 1.807) is 25.1 Å². The molecule has 17 heavy (non-hydrogen) atoms. The van der Waals surface area contributed by atoms with Crippen LogP contribution in [-0.4, -0.2) is 22.6 Å². The van der Waals surface area contributed by atoms with Crippen molar-refractivity contribution in [1.82, 2.24) is 9.78 Å². The van der Waals surface area contributed by atoms with Crippen molar-refractivity contribution in [1.29, 1.82) is 0 Å². The van der Waals surface area contributed by atoms with E-state index in [-0.39, 0.29) is 0 Å². The van der Waals surface area contributed by atoms with E-state index in [4.69, 9.17) is 10.5 Å². The molecular weight excluding hydrogens is 234 g/mol. The first kappa shape index (κ1) is 11.9. The van der Waals surface area contributed by atoms with Gasteiger partial charge in [-0.2, -0.15) is 5.10 Å². The summed E-state index contributed by atoms with van der Waals surface area (Å²) in [5.74, 6) is 1.76. The topological polar surface area (TPSA) is 53.1 Å². The van der Waals surface area contributed by atoms with Crippen LogP contribution >= 0.6 is 11.8 Å². The molecule has 2 N–H and O–H groups in total. The van der Waals surface area contributed by atoms with Gasteiger partial charge in [-0.05, 0) is 24.3 Å². The molecule has 2 rings (SSSR count). The molecule has 0 spiro atoms. The highest BCUT2D eigenvalue weighted by atomic mass is 32.2.